The molecule has 1 atom stereocenters. The number of carbonyl (C=O) groups is 1. The van der Waals surface area contributed by atoms with Crippen molar-refractivity contribution in [3.05, 3.63) is 23.5 Å². The number of nitrogens with zero attached hydrogens (tertiary/aromatic N) is 1. The molecule has 0 saturated carbocycles. The summed E-state index contributed by atoms with van der Waals surface area (Å²) in [5.74, 6) is 0.244. The lowest BCUT2D eigenvalue weighted by Crippen LogP contribution is -2.31. The Kier molecular flexibility index (Phi) is 4.37. The maximum Gasteiger partial charge on any atom is 0.255 e. The van der Waals surface area contributed by atoms with Crippen LogP contribution < -0.4 is 10.3 Å². The summed E-state index contributed by atoms with van der Waals surface area (Å²) in [4.78, 5) is 20.2. The molecule has 0 aliphatic carbocycles. The van der Waals surface area contributed by atoms with Gasteiger partial charge in [0.15, 0.2) is 5.75 Å². The molecule has 82 valence electrons. The first-order chi connectivity index (χ1) is 7.13. The first-order valence-electron chi connectivity index (χ1n) is 4.71. The molecule has 0 radical (unpaired) electrons. The summed E-state index contributed by atoms with van der Waals surface area (Å²) in [5, 5.41) is 0.385. The highest BCUT2D eigenvalue weighted by molar-refractivity contribution is 6.29. The predicted octanol–water partition coefficient (Wildman–Crippen LogP) is 2.19. The lowest BCUT2D eigenvalue weighted by atomic mass is 10.1. The minimum absolute atomic E-state index is 0.0646. The van der Waals surface area contributed by atoms with Crippen LogP contribution in [0.4, 0.5) is 0 Å². The molecule has 0 saturated heterocycles. The van der Waals surface area contributed by atoms with Gasteiger partial charge in [0.25, 0.3) is 5.91 Å². The lowest BCUT2D eigenvalue weighted by Gasteiger charge is -2.10. The van der Waals surface area contributed by atoms with E-state index in [1.165, 1.54) is 6.20 Å². The zero-order valence-electron chi connectivity index (χ0n) is 8.66. The van der Waals surface area contributed by atoms with E-state index in [0.29, 0.717) is 10.9 Å². The third-order valence-corrected chi connectivity index (χ3v) is 2.25. The van der Waals surface area contributed by atoms with Crippen molar-refractivity contribution in [3.8, 4) is 5.75 Å². The summed E-state index contributed by atoms with van der Waals surface area (Å²) in [5.41, 5.74) is 2.35. The van der Waals surface area contributed by atoms with Crippen LogP contribution in [0.15, 0.2) is 18.3 Å². The Hall–Kier alpha value is -1.29. The molecule has 1 N–H and O–H groups in total. The second-order valence-electron chi connectivity index (χ2n) is 3.19. The molecule has 15 heavy (non-hydrogen) atoms. The van der Waals surface area contributed by atoms with Crippen molar-refractivity contribution < 1.29 is 9.63 Å². The number of pyridine rings is 1. The monoisotopic (exact) mass is 228 g/mol. The predicted molar refractivity (Wildman–Crippen MR) is 57.5 cm³/mol. The van der Waals surface area contributed by atoms with E-state index in [1.807, 2.05) is 13.8 Å². The standard InChI is InChI=1S/C10H13ClN2O2/c1-3-7(2)10(14)13-15-8-4-5-9(11)12-6-8/h4-7H,3H2,1-2H3,(H,13,14). The van der Waals surface area contributed by atoms with Gasteiger partial charge in [0.1, 0.15) is 5.15 Å². The minimum atomic E-state index is -0.146. The second kappa shape index (κ2) is 5.56. The van der Waals surface area contributed by atoms with E-state index in [-0.39, 0.29) is 11.8 Å². The number of nitrogens with one attached hydrogen (secondary N) is 1. The van der Waals surface area contributed by atoms with Gasteiger partial charge in [-0.15, -0.1) is 0 Å². The number of rotatable bonds is 4. The molecule has 1 aromatic heterocycles. The Morgan fingerprint density at radius 2 is 2.40 bits per heavy atom. The van der Waals surface area contributed by atoms with E-state index in [0.717, 1.165) is 6.42 Å². The Bertz CT molecular complexity index is 327. The van der Waals surface area contributed by atoms with Crippen molar-refractivity contribution in [1.29, 1.82) is 0 Å². The van der Waals surface area contributed by atoms with Gasteiger partial charge in [0, 0.05) is 5.92 Å². The van der Waals surface area contributed by atoms with Gasteiger partial charge < -0.3 is 4.84 Å². The first-order valence-corrected chi connectivity index (χ1v) is 5.09. The average molecular weight is 229 g/mol. The number of hydroxylamine groups is 1. The molecule has 1 unspecified atom stereocenters. The summed E-state index contributed by atoms with van der Waals surface area (Å²) >= 11 is 5.59. The van der Waals surface area contributed by atoms with Gasteiger partial charge in [-0.1, -0.05) is 25.4 Å². The van der Waals surface area contributed by atoms with Gasteiger partial charge in [-0.25, -0.2) is 4.98 Å². The largest absolute Gasteiger partial charge is 0.378 e. The van der Waals surface area contributed by atoms with Gasteiger partial charge in [0.2, 0.25) is 0 Å². The van der Waals surface area contributed by atoms with Crippen molar-refractivity contribution in [1.82, 2.24) is 10.5 Å². The van der Waals surface area contributed by atoms with Crippen LogP contribution in [-0.2, 0) is 4.79 Å². The molecule has 1 aromatic rings. The average Bonchev–Trinajstić information content (AvgIpc) is 2.26. The van der Waals surface area contributed by atoms with Gasteiger partial charge in [-0.2, -0.15) is 5.48 Å². The van der Waals surface area contributed by atoms with Crippen LogP contribution in [0.25, 0.3) is 0 Å². The smallest absolute Gasteiger partial charge is 0.255 e. The molecule has 0 aliphatic heterocycles. The molecule has 0 spiro atoms. The van der Waals surface area contributed by atoms with Crippen LogP contribution in [0.5, 0.6) is 5.75 Å². The van der Waals surface area contributed by atoms with Gasteiger partial charge >= 0.3 is 0 Å². The zero-order valence-corrected chi connectivity index (χ0v) is 9.41. The van der Waals surface area contributed by atoms with Crippen LogP contribution in [0.2, 0.25) is 5.15 Å². The van der Waals surface area contributed by atoms with E-state index in [1.54, 1.807) is 12.1 Å². The summed E-state index contributed by atoms with van der Waals surface area (Å²) in [6.45, 7) is 3.77. The Morgan fingerprint density at radius 3 is 2.93 bits per heavy atom. The van der Waals surface area contributed by atoms with E-state index in [9.17, 15) is 4.79 Å². The summed E-state index contributed by atoms with van der Waals surface area (Å²) in [6.07, 6.45) is 2.22. The van der Waals surface area contributed by atoms with E-state index in [2.05, 4.69) is 10.5 Å². The normalized spacial score (nSPS) is 11.9. The van der Waals surface area contributed by atoms with Crippen LogP contribution in [0.3, 0.4) is 0 Å². The Balaban J connectivity index is 2.43. The Morgan fingerprint density at radius 1 is 1.67 bits per heavy atom. The highest BCUT2D eigenvalue weighted by atomic mass is 35.5. The summed E-state index contributed by atoms with van der Waals surface area (Å²) < 4.78 is 0. The minimum Gasteiger partial charge on any atom is -0.378 e. The highest BCUT2D eigenvalue weighted by Gasteiger charge is 2.10. The van der Waals surface area contributed by atoms with Crippen LogP contribution in [-0.4, -0.2) is 10.9 Å². The molecular weight excluding hydrogens is 216 g/mol. The van der Waals surface area contributed by atoms with Crippen molar-refractivity contribution in [3.63, 3.8) is 0 Å². The van der Waals surface area contributed by atoms with Crippen molar-refractivity contribution in [2.45, 2.75) is 20.3 Å². The number of aromatic nitrogens is 1. The lowest BCUT2D eigenvalue weighted by molar-refractivity contribution is -0.131. The Labute approximate surface area is 93.6 Å². The molecule has 0 aromatic carbocycles. The number of amides is 1. The van der Waals surface area contributed by atoms with E-state index in [4.69, 9.17) is 16.4 Å². The quantitative estimate of drug-likeness (QED) is 0.635. The van der Waals surface area contributed by atoms with Crippen LogP contribution >= 0.6 is 11.6 Å². The number of carbonyl (C=O) groups excluding carboxylic acids is 1. The van der Waals surface area contributed by atoms with E-state index >= 15 is 0 Å². The first kappa shape index (κ1) is 11.8. The third-order valence-electron chi connectivity index (χ3n) is 2.03. The van der Waals surface area contributed by atoms with Gasteiger partial charge in [-0.05, 0) is 18.6 Å². The highest BCUT2D eigenvalue weighted by Crippen LogP contribution is 2.11. The van der Waals surface area contributed by atoms with Crippen molar-refractivity contribution in [2.75, 3.05) is 0 Å². The molecular formula is C10H13ClN2O2. The van der Waals surface area contributed by atoms with Crippen molar-refractivity contribution in [2.24, 2.45) is 5.92 Å². The van der Waals surface area contributed by atoms with E-state index < -0.39 is 0 Å². The van der Waals surface area contributed by atoms with Crippen LogP contribution in [0.1, 0.15) is 20.3 Å². The topological polar surface area (TPSA) is 51.2 Å². The molecule has 0 bridgehead atoms. The SMILES string of the molecule is CCC(C)C(=O)NOc1ccc(Cl)nc1. The number of hydrogen-bond donors (Lipinski definition) is 1. The molecule has 1 heterocycles. The summed E-state index contributed by atoms with van der Waals surface area (Å²) in [6, 6.07) is 3.22. The zero-order chi connectivity index (χ0) is 11.3. The maximum atomic E-state index is 11.3. The number of halogens is 1. The van der Waals surface area contributed by atoms with Gasteiger partial charge in [0.05, 0.1) is 6.20 Å². The molecule has 4 nitrogen and oxygen atoms in total. The molecule has 1 rings (SSSR count). The molecule has 1 amide bonds. The summed E-state index contributed by atoms with van der Waals surface area (Å²) in [7, 11) is 0. The fraction of sp³-hybridized carbons (Fsp3) is 0.400. The van der Waals surface area contributed by atoms with Crippen molar-refractivity contribution >= 4 is 17.5 Å². The maximum absolute atomic E-state index is 11.3. The second-order valence-corrected chi connectivity index (χ2v) is 3.58. The third kappa shape index (κ3) is 3.75. The fourth-order valence-corrected chi connectivity index (χ4v) is 0.930. The van der Waals surface area contributed by atoms with Crippen LogP contribution in [0, 0.1) is 5.92 Å². The molecule has 0 fully saturated rings. The molecule has 0 aliphatic rings. The van der Waals surface area contributed by atoms with Gasteiger partial charge in [-0.3, -0.25) is 4.79 Å². The number of hydrogen-bond acceptors (Lipinski definition) is 3. The molecule has 5 heteroatoms. The fourth-order valence-electron chi connectivity index (χ4n) is 0.818.